The lowest BCUT2D eigenvalue weighted by molar-refractivity contribution is 0.313. The zero-order chi connectivity index (χ0) is 15.6. The molecule has 0 saturated heterocycles. The van der Waals surface area contributed by atoms with Gasteiger partial charge in [0.15, 0.2) is 0 Å². The van der Waals surface area contributed by atoms with Crippen LogP contribution in [0.25, 0.3) is 6.08 Å². The van der Waals surface area contributed by atoms with E-state index in [2.05, 4.69) is 32.9 Å². The summed E-state index contributed by atoms with van der Waals surface area (Å²) in [5, 5.41) is 0. The van der Waals surface area contributed by atoms with Crippen LogP contribution in [0.5, 0.6) is 0 Å². The van der Waals surface area contributed by atoms with Crippen LogP contribution in [0, 0.1) is 20.8 Å². The predicted molar refractivity (Wildman–Crippen MR) is 87.5 cm³/mol. The quantitative estimate of drug-likeness (QED) is 0.846. The van der Waals surface area contributed by atoms with E-state index >= 15 is 0 Å². The van der Waals surface area contributed by atoms with Crippen molar-refractivity contribution in [1.29, 1.82) is 0 Å². The summed E-state index contributed by atoms with van der Waals surface area (Å²) in [6.45, 7) is 6.17. The van der Waals surface area contributed by atoms with Crippen LogP contribution in [0.15, 0.2) is 42.0 Å². The molecule has 1 aromatic rings. The van der Waals surface area contributed by atoms with Crippen molar-refractivity contribution < 1.29 is 14.0 Å². The molecule has 1 N–H and O–H groups in total. The summed E-state index contributed by atoms with van der Waals surface area (Å²) < 4.78 is 17.0. The van der Waals surface area contributed by atoms with Crippen LogP contribution in [0.2, 0.25) is 0 Å². The molecule has 2 rings (SSSR count). The second-order valence-electron chi connectivity index (χ2n) is 5.39. The van der Waals surface area contributed by atoms with Gasteiger partial charge in [-0.2, -0.15) is 0 Å². The molecule has 0 bridgehead atoms. The summed E-state index contributed by atoms with van der Waals surface area (Å²) >= 11 is 0. The van der Waals surface area contributed by atoms with E-state index in [4.69, 9.17) is 4.52 Å². The van der Waals surface area contributed by atoms with Crippen LogP contribution in [-0.2, 0) is 9.09 Å². The van der Waals surface area contributed by atoms with Crippen molar-refractivity contribution in [1.82, 2.24) is 0 Å². The van der Waals surface area contributed by atoms with Crippen molar-refractivity contribution in [3.05, 3.63) is 64.3 Å². The molecule has 2 atom stereocenters. The number of benzene rings is 1. The molecule has 2 unspecified atom stereocenters. The van der Waals surface area contributed by atoms with E-state index < -0.39 is 13.3 Å². The molecule has 0 heterocycles. The first-order chi connectivity index (χ1) is 9.85. The molecule has 4 heteroatoms. The van der Waals surface area contributed by atoms with Crippen molar-refractivity contribution in [2.45, 2.75) is 26.4 Å². The van der Waals surface area contributed by atoms with Gasteiger partial charge in [-0.3, -0.25) is 4.57 Å². The van der Waals surface area contributed by atoms with Gasteiger partial charge in [0.1, 0.15) is 5.66 Å². The van der Waals surface area contributed by atoms with Gasteiger partial charge < -0.3 is 9.42 Å². The van der Waals surface area contributed by atoms with Gasteiger partial charge in [-0.05, 0) is 49.1 Å². The van der Waals surface area contributed by atoms with E-state index in [0.29, 0.717) is 0 Å². The Morgan fingerprint density at radius 1 is 1.19 bits per heavy atom. The molecule has 0 saturated carbocycles. The van der Waals surface area contributed by atoms with Crippen molar-refractivity contribution in [3.63, 3.8) is 0 Å². The summed E-state index contributed by atoms with van der Waals surface area (Å²) in [4.78, 5) is 9.99. The van der Waals surface area contributed by atoms with E-state index in [-0.39, 0.29) is 0 Å². The fraction of sp³-hybridized carbons (Fsp3) is 0.294. The van der Waals surface area contributed by atoms with E-state index in [0.717, 1.165) is 22.3 Å². The third kappa shape index (κ3) is 3.44. The molecule has 1 aliphatic rings. The third-order valence-electron chi connectivity index (χ3n) is 3.70. The number of hydrogen-bond acceptors (Lipinski definition) is 2. The minimum atomic E-state index is -3.69. The Morgan fingerprint density at radius 3 is 2.38 bits per heavy atom. The van der Waals surface area contributed by atoms with Crippen LogP contribution in [0.4, 0.5) is 0 Å². The lowest BCUT2D eigenvalue weighted by atomic mass is 9.96. The summed E-state index contributed by atoms with van der Waals surface area (Å²) in [5.41, 5.74) is 4.80. The van der Waals surface area contributed by atoms with E-state index in [1.165, 1.54) is 12.7 Å². The average Bonchev–Trinajstić information content (AvgIpc) is 2.43. The molecule has 3 nitrogen and oxygen atoms in total. The molecule has 112 valence electrons. The standard InChI is InChI=1S/C17H21O3P/c1-12-9-13(2)16(14(3)10-12)11-15-7-5-6-8-17(15)21(18,19)20-4/h5-11,17H,1-4H3,(H,18,19). The lowest BCUT2D eigenvalue weighted by Gasteiger charge is -2.22. The lowest BCUT2D eigenvalue weighted by Crippen LogP contribution is -2.11. The van der Waals surface area contributed by atoms with Crippen LogP contribution >= 0.6 is 7.60 Å². The molecule has 21 heavy (non-hydrogen) atoms. The summed E-state index contributed by atoms with van der Waals surface area (Å²) in [7, 11) is -2.42. The second-order valence-corrected chi connectivity index (χ2v) is 7.44. The Balaban J connectivity index is 2.51. The van der Waals surface area contributed by atoms with Gasteiger partial charge in [-0.1, -0.05) is 42.0 Å². The first-order valence-corrected chi connectivity index (χ1v) is 8.52. The maximum absolute atomic E-state index is 12.2. The Bertz CT molecular complexity index is 660. The highest BCUT2D eigenvalue weighted by Crippen LogP contribution is 2.51. The number of aryl methyl sites for hydroxylation is 3. The molecule has 1 aliphatic carbocycles. The van der Waals surface area contributed by atoms with E-state index in [9.17, 15) is 9.46 Å². The van der Waals surface area contributed by atoms with Crippen molar-refractivity contribution in [2.24, 2.45) is 0 Å². The van der Waals surface area contributed by atoms with Gasteiger partial charge in [0.05, 0.1) is 0 Å². The highest BCUT2D eigenvalue weighted by atomic mass is 31.2. The zero-order valence-corrected chi connectivity index (χ0v) is 13.7. The van der Waals surface area contributed by atoms with Gasteiger partial charge in [0.2, 0.25) is 0 Å². The second kappa shape index (κ2) is 6.15. The topological polar surface area (TPSA) is 46.5 Å². The predicted octanol–water partition coefficient (Wildman–Crippen LogP) is 4.32. The van der Waals surface area contributed by atoms with E-state index in [1.807, 2.05) is 18.2 Å². The average molecular weight is 304 g/mol. The minimum absolute atomic E-state index is 0.618. The SMILES string of the molecule is COP(=O)(O)C1C=CC=CC1=Cc1c(C)cc(C)cc1C. The summed E-state index contributed by atoms with van der Waals surface area (Å²) in [6.07, 6.45) is 9.21. The maximum atomic E-state index is 12.2. The highest BCUT2D eigenvalue weighted by Gasteiger charge is 2.32. The molecule has 0 aromatic heterocycles. The Hall–Kier alpha value is -1.41. The molecule has 1 aromatic carbocycles. The molecule has 0 fully saturated rings. The third-order valence-corrected chi connectivity index (χ3v) is 5.39. The smallest absolute Gasteiger partial charge is 0.324 e. The van der Waals surface area contributed by atoms with Gasteiger partial charge in [0.25, 0.3) is 0 Å². The molecule has 0 radical (unpaired) electrons. The van der Waals surface area contributed by atoms with Crippen molar-refractivity contribution in [3.8, 4) is 0 Å². The van der Waals surface area contributed by atoms with Gasteiger partial charge in [0, 0.05) is 7.11 Å². The zero-order valence-electron chi connectivity index (χ0n) is 12.8. The van der Waals surface area contributed by atoms with E-state index in [1.54, 1.807) is 12.2 Å². The first kappa shape index (κ1) is 16.0. The largest absolute Gasteiger partial charge is 0.339 e. The van der Waals surface area contributed by atoms with Crippen LogP contribution < -0.4 is 0 Å². The fourth-order valence-corrected chi connectivity index (χ4v) is 3.76. The Labute approximate surface area is 126 Å². The van der Waals surface area contributed by atoms with Gasteiger partial charge in [-0.15, -0.1) is 0 Å². The molecular formula is C17H21O3P. The first-order valence-electron chi connectivity index (χ1n) is 6.87. The van der Waals surface area contributed by atoms with Crippen molar-refractivity contribution >= 4 is 13.7 Å². The van der Waals surface area contributed by atoms with Crippen LogP contribution in [0.3, 0.4) is 0 Å². The monoisotopic (exact) mass is 304 g/mol. The summed E-state index contributed by atoms with van der Waals surface area (Å²) in [5.74, 6) is 0. The number of hydrogen-bond donors (Lipinski definition) is 1. The molecule has 0 aliphatic heterocycles. The minimum Gasteiger partial charge on any atom is -0.324 e. The van der Waals surface area contributed by atoms with Crippen molar-refractivity contribution in [2.75, 3.05) is 7.11 Å². The Kier molecular flexibility index (Phi) is 4.67. The van der Waals surface area contributed by atoms with Gasteiger partial charge in [-0.25, -0.2) is 0 Å². The molecule has 0 spiro atoms. The normalized spacial score (nSPS) is 22.5. The van der Waals surface area contributed by atoms with Crippen LogP contribution in [0.1, 0.15) is 22.3 Å². The maximum Gasteiger partial charge on any atom is 0.339 e. The fourth-order valence-electron chi connectivity index (χ4n) is 2.68. The number of allylic oxidation sites excluding steroid dienone is 5. The highest BCUT2D eigenvalue weighted by molar-refractivity contribution is 7.54. The molecular weight excluding hydrogens is 283 g/mol. The molecule has 0 amide bonds. The van der Waals surface area contributed by atoms with Gasteiger partial charge >= 0.3 is 7.60 Å². The summed E-state index contributed by atoms with van der Waals surface area (Å²) in [6, 6.07) is 4.23. The van der Waals surface area contributed by atoms with Crippen LogP contribution in [-0.4, -0.2) is 17.7 Å². The Morgan fingerprint density at radius 2 is 1.81 bits per heavy atom. The number of rotatable bonds is 3.